The van der Waals surface area contributed by atoms with Crippen molar-refractivity contribution in [2.45, 2.75) is 61.7 Å². The molecule has 0 bridgehead atoms. The van der Waals surface area contributed by atoms with E-state index < -0.39 is 109 Å². The molecule has 0 saturated carbocycles. The van der Waals surface area contributed by atoms with Crippen LogP contribution in [0.5, 0.6) is 11.5 Å². The summed E-state index contributed by atoms with van der Waals surface area (Å²) in [6, 6.07) is 1.58. The summed E-state index contributed by atoms with van der Waals surface area (Å²) < 4.78 is 124. The Labute approximate surface area is 279 Å². The van der Waals surface area contributed by atoms with Gasteiger partial charge in [-0.1, -0.05) is 0 Å². The topological polar surface area (TPSA) is 220 Å². The fraction of sp³-hybridized carbons (Fsp3) is 0.500. The predicted molar refractivity (Wildman–Crippen MR) is 174 cm³/mol. The van der Waals surface area contributed by atoms with Gasteiger partial charge in [0.25, 0.3) is 0 Å². The van der Waals surface area contributed by atoms with E-state index in [0.717, 1.165) is 20.7 Å². The highest BCUT2D eigenvalue weighted by Gasteiger charge is 2.64. The number of benzene rings is 2. The van der Waals surface area contributed by atoms with Crippen LogP contribution in [0.2, 0.25) is 0 Å². The highest BCUT2D eigenvalue weighted by Crippen LogP contribution is 2.45. The fourth-order valence-corrected chi connectivity index (χ4v) is 14.9. The van der Waals surface area contributed by atoms with Crippen LogP contribution in [0.3, 0.4) is 0 Å². The molecule has 2 aromatic rings. The first-order valence-corrected chi connectivity index (χ1v) is 21.4. The van der Waals surface area contributed by atoms with E-state index in [1.54, 1.807) is 13.8 Å². The summed E-state index contributed by atoms with van der Waals surface area (Å²) in [6.07, 6.45) is 0. The number of piperazine rings is 1. The summed E-state index contributed by atoms with van der Waals surface area (Å²) >= 11 is 0. The summed E-state index contributed by atoms with van der Waals surface area (Å²) in [6.45, 7) is 5.73. The molecule has 3 saturated heterocycles. The molecule has 0 radical (unpaired) electrons. The number of nitrogens with one attached hydrogen (secondary N) is 2. The predicted octanol–water partition coefficient (Wildman–Crippen LogP) is 0.427. The van der Waals surface area contributed by atoms with Crippen molar-refractivity contribution in [3.8, 4) is 11.5 Å². The number of carbonyl (C=O) groups is 2. The number of amides is 2. The minimum absolute atomic E-state index is 0.0363. The summed E-state index contributed by atoms with van der Waals surface area (Å²) in [7, 11) is -17.8. The molecule has 3 heterocycles. The molecular formula is C28H36N4O12S4. The number of ether oxygens (including phenoxy) is 2. The lowest BCUT2D eigenvalue weighted by molar-refractivity contribution is -0.115. The second kappa shape index (κ2) is 12.9. The molecule has 264 valence electrons. The Kier molecular flexibility index (Phi) is 9.65. The lowest BCUT2D eigenvalue weighted by Gasteiger charge is -2.49. The van der Waals surface area contributed by atoms with Crippen molar-refractivity contribution in [2.24, 2.45) is 0 Å². The van der Waals surface area contributed by atoms with Crippen molar-refractivity contribution in [1.29, 1.82) is 0 Å². The smallest absolute Gasteiger partial charge is 0.247 e. The maximum atomic E-state index is 14.7. The van der Waals surface area contributed by atoms with Crippen molar-refractivity contribution < 1.29 is 52.7 Å². The Morgan fingerprint density at radius 2 is 0.979 bits per heavy atom. The second-order valence-electron chi connectivity index (χ2n) is 11.6. The van der Waals surface area contributed by atoms with Gasteiger partial charge in [-0.3, -0.25) is 9.59 Å². The first kappa shape index (κ1) is 36.0. The molecule has 3 fully saturated rings. The number of nitrogens with zero attached hydrogens (tertiary/aromatic N) is 2. The highest BCUT2D eigenvalue weighted by molar-refractivity contribution is 7.93. The van der Waals surface area contributed by atoms with Crippen LogP contribution in [0, 0.1) is 0 Å². The van der Waals surface area contributed by atoms with Gasteiger partial charge in [-0.05, 0) is 50.2 Å². The van der Waals surface area contributed by atoms with E-state index in [4.69, 9.17) is 9.47 Å². The van der Waals surface area contributed by atoms with Gasteiger partial charge in [0.2, 0.25) is 31.9 Å². The molecule has 20 heteroatoms. The number of sulfonamides is 2. The van der Waals surface area contributed by atoms with E-state index in [-0.39, 0.29) is 36.1 Å². The van der Waals surface area contributed by atoms with Crippen LogP contribution in [0.1, 0.15) is 27.7 Å². The average molecular weight is 749 g/mol. The zero-order chi connectivity index (χ0) is 35.4. The molecule has 2 amide bonds. The molecule has 48 heavy (non-hydrogen) atoms. The third kappa shape index (κ3) is 6.77. The van der Waals surface area contributed by atoms with Crippen LogP contribution < -0.4 is 20.1 Å². The molecule has 16 nitrogen and oxygen atoms in total. The Morgan fingerprint density at radius 3 is 1.25 bits per heavy atom. The Balaban J connectivity index is 1.72. The first-order valence-electron chi connectivity index (χ1n) is 14.9. The maximum absolute atomic E-state index is 14.7. The van der Waals surface area contributed by atoms with Gasteiger partial charge in [-0.15, -0.1) is 0 Å². The van der Waals surface area contributed by atoms with E-state index in [1.165, 1.54) is 38.1 Å². The molecule has 3 aliphatic heterocycles. The highest BCUT2D eigenvalue weighted by atomic mass is 32.2. The molecule has 0 spiro atoms. The number of fused-ring (bicyclic) bond motifs is 2. The quantitative estimate of drug-likeness (QED) is 0.338. The van der Waals surface area contributed by atoms with E-state index in [2.05, 4.69) is 10.6 Å². The van der Waals surface area contributed by atoms with Gasteiger partial charge in [-0.2, -0.15) is 8.61 Å². The molecule has 5 rings (SSSR count). The van der Waals surface area contributed by atoms with Crippen LogP contribution in [0.25, 0.3) is 0 Å². The standard InChI is InChI=1S/C28H36N4O12S4/c1-5-43-25-9-7-19(29-17(3)33)11-27(25)47(39,40)31-21-13-45(35,36)15-23(21)32(24-16-46(37,38)14-22(24)31)48(41,42)28-12-20(30-18(4)34)8-10-26(28)44-6-2/h7-12,21-24H,5-6,13-16H2,1-4H3,(H,29,33)(H,30,34). The van der Waals surface area contributed by atoms with Crippen LogP contribution in [-0.2, 0) is 49.3 Å². The maximum Gasteiger partial charge on any atom is 0.247 e. The third-order valence-electron chi connectivity index (χ3n) is 8.13. The number of anilines is 2. The lowest BCUT2D eigenvalue weighted by atomic mass is 10.0. The monoisotopic (exact) mass is 748 g/mol. The summed E-state index contributed by atoms with van der Waals surface area (Å²) in [5.74, 6) is -4.41. The van der Waals surface area contributed by atoms with Gasteiger partial charge in [0.05, 0.1) is 60.4 Å². The summed E-state index contributed by atoms with van der Waals surface area (Å²) in [5, 5.41) is 4.98. The number of carbonyl (C=O) groups excluding carboxylic acids is 2. The van der Waals surface area contributed by atoms with Crippen molar-refractivity contribution in [2.75, 3.05) is 46.9 Å². The van der Waals surface area contributed by atoms with Crippen molar-refractivity contribution in [1.82, 2.24) is 8.61 Å². The number of hydrogen-bond acceptors (Lipinski definition) is 12. The van der Waals surface area contributed by atoms with E-state index in [9.17, 15) is 43.3 Å². The Morgan fingerprint density at radius 1 is 0.667 bits per heavy atom. The number of sulfone groups is 2. The van der Waals surface area contributed by atoms with Crippen molar-refractivity contribution in [3.63, 3.8) is 0 Å². The fourth-order valence-electron chi connectivity index (χ4n) is 6.56. The third-order valence-corrected chi connectivity index (χ3v) is 15.5. The summed E-state index contributed by atoms with van der Waals surface area (Å²) in [5.41, 5.74) is 0.166. The minimum atomic E-state index is -4.82. The van der Waals surface area contributed by atoms with Gasteiger partial charge in [-0.25, -0.2) is 33.7 Å². The second-order valence-corrected chi connectivity index (χ2v) is 19.6. The molecule has 0 aliphatic carbocycles. The lowest BCUT2D eigenvalue weighted by Crippen LogP contribution is -2.69. The van der Waals surface area contributed by atoms with Crippen LogP contribution in [-0.4, -0.2) is 114 Å². The Hall–Kier alpha value is -3.30. The zero-order valence-corrected chi connectivity index (χ0v) is 29.7. The van der Waals surface area contributed by atoms with Crippen molar-refractivity contribution >= 4 is 62.9 Å². The molecule has 4 atom stereocenters. The van der Waals surface area contributed by atoms with E-state index in [1.807, 2.05) is 0 Å². The van der Waals surface area contributed by atoms with Gasteiger partial charge in [0, 0.05) is 25.2 Å². The van der Waals surface area contributed by atoms with Gasteiger partial charge in [0.15, 0.2) is 19.7 Å². The molecule has 2 aromatic carbocycles. The number of rotatable bonds is 10. The van der Waals surface area contributed by atoms with Crippen molar-refractivity contribution in [3.05, 3.63) is 36.4 Å². The average Bonchev–Trinajstić information content (AvgIpc) is 3.44. The van der Waals surface area contributed by atoms with Crippen LogP contribution >= 0.6 is 0 Å². The molecule has 2 N–H and O–H groups in total. The van der Waals surface area contributed by atoms with Gasteiger partial charge in [0.1, 0.15) is 21.3 Å². The van der Waals surface area contributed by atoms with Crippen LogP contribution in [0.4, 0.5) is 11.4 Å². The normalized spacial score (nSPS) is 25.1. The largest absolute Gasteiger partial charge is 0.492 e. The molecule has 3 aliphatic rings. The van der Waals surface area contributed by atoms with E-state index >= 15 is 0 Å². The van der Waals surface area contributed by atoms with E-state index in [0.29, 0.717) is 0 Å². The summed E-state index contributed by atoms with van der Waals surface area (Å²) in [4.78, 5) is 22.7. The first-order chi connectivity index (χ1) is 22.3. The van der Waals surface area contributed by atoms with Crippen LogP contribution in [0.15, 0.2) is 46.2 Å². The van der Waals surface area contributed by atoms with Gasteiger partial charge >= 0.3 is 0 Å². The molecule has 0 aromatic heterocycles. The zero-order valence-electron chi connectivity index (χ0n) is 26.4. The molecule has 4 unspecified atom stereocenters. The molecular weight excluding hydrogens is 713 g/mol. The Bertz CT molecular complexity index is 1900. The number of hydrogen-bond donors (Lipinski definition) is 2. The minimum Gasteiger partial charge on any atom is -0.492 e. The van der Waals surface area contributed by atoms with Gasteiger partial charge < -0.3 is 20.1 Å². The SMILES string of the molecule is CCOc1ccc(NC(C)=O)cc1S(=O)(=O)N1C2CS(=O)(=O)CC2N(S(=O)(=O)c2cc(NC(C)=O)ccc2OCC)C2CS(=O)(=O)CC21.